The SMILES string of the molecule is CC(C)C1CCCN1C(=O)c1cc(Br)ccc1Cl. The second-order valence-electron chi connectivity index (χ2n) is 5.08. The van der Waals surface area contributed by atoms with Crippen molar-refractivity contribution in [1.82, 2.24) is 4.90 Å². The molecule has 1 heterocycles. The average molecular weight is 331 g/mol. The molecular weight excluding hydrogens is 314 g/mol. The Kier molecular flexibility index (Phi) is 4.33. The first-order chi connectivity index (χ1) is 8.50. The van der Waals surface area contributed by atoms with Crippen molar-refractivity contribution >= 4 is 33.4 Å². The third kappa shape index (κ3) is 2.72. The van der Waals surface area contributed by atoms with Crippen molar-refractivity contribution in [2.24, 2.45) is 5.92 Å². The van der Waals surface area contributed by atoms with Crippen LogP contribution in [0.2, 0.25) is 5.02 Å². The van der Waals surface area contributed by atoms with Gasteiger partial charge in [-0.15, -0.1) is 0 Å². The molecular formula is C14H17BrClNO. The minimum absolute atomic E-state index is 0.0532. The van der Waals surface area contributed by atoms with E-state index in [4.69, 9.17) is 11.6 Å². The molecule has 1 aromatic carbocycles. The van der Waals surface area contributed by atoms with Gasteiger partial charge in [-0.05, 0) is 37.0 Å². The lowest BCUT2D eigenvalue weighted by molar-refractivity contribution is 0.0701. The number of nitrogens with zero attached hydrogens (tertiary/aromatic N) is 1. The van der Waals surface area contributed by atoms with E-state index in [9.17, 15) is 4.79 Å². The maximum absolute atomic E-state index is 12.6. The molecule has 1 fully saturated rings. The van der Waals surface area contributed by atoms with Gasteiger partial charge in [-0.3, -0.25) is 4.79 Å². The fraction of sp³-hybridized carbons (Fsp3) is 0.500. The molecule has 0 radical (unpaired) electrons. The molecule has 0 spiro atoms. The zero-order chi connectivity index (χ0) is 13.3. The van der Waals surface area contributed by atoms with E-state index in [2.05, 4.69) is 29.8 Å². The normalized spacial score (nSPS) is 19.6. The first-order valence-electron chi connectivity index (χ1n) is 6.26. The summed E-state index contributed by atoms with van der Waals surface area (Å²) < 4.78 is 0.885. The van der Waals surface area contributed by atoms with Gasteiger partial charge in [0.05, 0.1) is 10.6 Å². The van der Waals surface area contributed by atoms with Crippen molar-refractivity contribution in [3.63, 3.8) is 0 Å². The number of carbonyl (C=O) groups is 1. The molecule has 1 unspecified atom stereocenters. The second-order valence-corrected chi connectivity index (χ2v) is 6.40. The molecule has 1 saturated heterocycles. The maximum atomic E-state index is 12.6. The quantitative estimate of drug-likeness (QED) is 0.789. The zero-order valence-corrected chi connectivity index (χ0v) is 13.0. The van der Waals surface area contributed by atoms with Crippen molar-refractivity contribution in [3.8, 4) is 0 Å². The lowest BCUT2D eigenvalue weighted by atomic mass is 10.0. The van der Waals surface area contributed by atoms with Crippen LogP contribution in [0.15, 0.2) is 22.7 Å². The molecule has 1 aliphatic heterocycles. The van der Waals surface area contributed by atoms with Crippen LogP contribution in [0.5, 0.6) is 0 Å². The molecule has 18 heavy (non-hydrogen) atoms. The van der Waals surface area contributed by atoms with Crippen molar-refractivity contribution < 1.29 is 4.79 Å². The zero-order valence-electron chi connectivity index (χ0n) is 10.6. The van der Waals surface area contributed by atoms with E-state index in [-0.39, 0.29) is 5.91 Å². The van der Waals surface area contributed by atoms with Gasteiger partial charge in [0.25, 0.3) is 5.91 Å². The lowest BCUT2D eigenvalue weighted by Gasteiger charge is -2.28. The van der Waals surface area contributed by atoms with Crippen LogP contribution in [0.25, 0.3) is 0 Å². The third-order valence-corrected chi connectivity index (χ3v) is 4.31. The van der Waals surface area contributed by atoms with E-state index in [1.165, 1.54) is 0 Å². The first kappa shape index (κ1) is 13.9. The Morgan fingerprint density at radius 2 is 2.22 bits per heavy atom. The summed E-state index contributed by atoms with van der Waals surface area (Å²) in [5.74, 6) is 0.542. The topological polar surface area (TPSA) is 20.3 Å². The molecule has 1 aromatic rings. The minimum Gasteiger partial charge on any atom is -0.335 e. The maximum Gasteiger partial charge on any atom is 0.255 e. The highest BCUT2D eigenvalue weighted by molar-refractivity contribution is 9.10. The Bertz CT molecular complexity index is 461. The Morgan fingerprint density at radius 3 is 2.89 bits per heavy atom. The number of halogens is 2. The highest BCUT2D eigenvalue weighted by Crippen LogP contribution is 2.29. The summed E-state index contributed by atoms with van der Waals surface area (Å²) in [4.78, 5) is 14.5. The molecule has 2 rings (SSSR count). The standard InChI is InChI=1S/C14H17BrClNO/c1-9(2)13-4-3-7-17(13)14(18)11-8-10(15)5-6-12(11)16/h5-6,8-9,13H,3-4,7H2,1-2H3. The molecule has 1 aliphatic rings. The van der Waals surface area contributed by atoms with Gasteiger partial charge in [0.15, 0.2) is 0 Å². The summed E-state index contributed by atoms with van der Waals surface area (Å²) in [7, 11) is 0. The number of rotatable bonds is 2. The van der Waals surface area contributed by atoms with Gasteiger partial charge in [-0.1, -0.05) is 41.4 Å². The molecule has 0 aliphatic carbocycles. The van der Waals surface area contributed by atoms with E-state index in [1.807, 2.05) is 11.0 Å². The van der Waals surface area contributed by atoms with Crippen LogP contribution in [-0.2, 0) is 0 Å². The number of hydrogen-bond donors (Lipinski definition) is 0. The van der Waals surface area contributed by atoms with Gasteiger partial charge in [-0.2, -0.15) is 0 Å². The molecule has 0 N–H and O–H groups in total. The van der Waals surface area contributed by atoms with Crippen molar-refractivity contribution in [2.75, 3.05) is 6.54 Å². The largest absolute Gasteiger partial charge is 0.335 e. The molecule has 1 atom stereocenters. The first-order valence-corrected chi connectivity index (χ1v) is 7.44. The summed E-state index contributed by atoms with van der Waals surface area (Å²) in [5.41, 5.74) is 0.596. The molecule has 2 nitrogen and oxygen atoms in total. The summed E-state index contributed by atoms with van der Waals surface area (Å²) in [5, 5.41) is 0.526. The van der Waals surface area contributed by atoms with Crippen LogP contribution in [0.3, 0.4) is 0 Å². The summed E-state index contributed by atoms with van der Waals surface area (Å²) >= 11 is 9.52. The Morgan fingerprint density at radius 1 is 1.50 bits per heavy atom. The number of likely N-dealkylation sites (tertiary alicyclic amines) is 1. The van der Waals surface area contributed by atoms with E-state index in [0.29, 0.717) is 22.5 Å². The highest BCUT2D eigenvalue weighted by atomic mass is 79.9. The third-order valence-electron chi connectivity index (χ3n) is 3.49. The molecule has 0 bridgehead atoms. The van der Waals surface area contributed by atoms with Gasteiger partial charge in [-0.25, -0.2) is 0 Å². The molecule has 1 amide bonds. The average Bonchev–Trinajstić information content (AvgIpc) is 2.80. The van der Waals surface area contributed by atoms with Crippen molar-refractivity contribution in [3.05, 3.63) is 33.3 Å². The summed E-state index contributed by atoms with van der Waals surface area (Å²) in [6.07, 6.45) is 2.18. The Hall–Kier alpha value is -0.540. The highest BCUT2D eigenvalue weighted by Gasteiger charge is 2.32. The van der Waals surface area contributed by atoms with Gasteiger partial charge in [0.2, 0.25) is 0 Å². The van der Waals surface area contributed by atoms with Crippen molar-refractivity contribution in [2.45, 2.75) is 32.7 Å². The van der Waals surface area contributed by atoms with Crippen LogP contribution >= 0.6 is 27.5 Å². The predicted octanol–water partition coefficient (Wildman–Crippen LogP) is 4.36. The van der Waals surface area contributed by atoms with Crippen molar-refractivity contribution in [1.29, 1.82) is 0 Å². The van der Waals surface area contributed by atoms with Gasteiger partial charge < -0.3 is 4.90 Å². The van der Waals surface area contributed by atoms with Gasteiger partial charge >= 0.3 is 0 Å². The molecule has 4 heteroatoms. The summed E-state index contributed by atoms with van der Waals surface area (Å²) in [6, 6.07) is 5.76. The second kappa shape index (κ2) is 5.62. The van der Waals surface area contributed by atoms with E-state index >= 15 is 0 Å². The fourth-order valence-electron chi connectivity index (χ4n) is 2.55. The van der Waals surface area contributed by atoms with Crippen LogP contribution in [0.1, 0.15) is 37.0 Å². The smallest absolute Gasteiger partial charge is 0.255 e. The Balaban J connectivity index is 2.28. The molecule has 0 saturated carbocycles. The molecule has 98 valence electrons. The van der Waals surface area contributed by atoms with E-state index in [0.717, 1.165) is 23.9 Å². The molecule has 0 aromatic heterocycles. The van der Waals surface area contributed by atoms with E-state index in [1.54, 1.807) is 12.1 Å². The number of amides is 1. The lowest BCUT2D eigenvalue weighted by Crippen LogP contribution is -2.38. The Labute approximate surface area is 121 Å². The number of carbonyl (C=O) groups excluding carboxylic acids is 1. The minimum atomic E-state index is 0.0532. The van der Waals surface area contributed by atoms with Crippen LogP contribution in [0, 0.1) is 5.92 Å². The van der Waals surface area contributed by atoms with Crippen LogP contribution in [0.4, 0.5) is 0 Å². The van der Waals surface area contributed by atoms with Gasteiger partial charge in [0, 0.05) is 17.1 Å². The number of hydrogen-bond acceptors (Lipinski definition) is 1. The predicted molar refractivity (Wildman–Crippen MR) is 78.0 cm³/mol. The van der Waals surface area contributed by atoms with E-state index < -0.39 is 0 Å². The number of benzene rings is 1. The van der Waals surface area contributed by atoms with Crippen LogP contribution < -0.4 is 0 Å². The van der Waals surface area contributed by atoms with Crippen LogP contribution in [-0.4, -0.2) is 23.4 Å². The monoisotopic (exact) mass is 329 g/mol. The fourth-order valence-corrected chi connectivity index (χ4v) is 3.11. The van der Waals surface area contributed by atoms with Gasteiger partial charge in [0.1, 0.15) is 0 Å². The summed E-state index contributed by atoms with van der Waals surface area (Å²) in [6.45, 7) is 5.17.